The van der Waals surface area contributed by atoms with Gasteiger partial charge in [0.2, 0.25) is 0 Å². The third kappa shape index (κ3) is 7.56. The minimum absolute atomic E-state index is 0.208. The van der Waals surface area contributed by atoms with Crippen molar-refractivity contribution in [2.45, 2.75) is 128 Å². The van der Waals surface area contributed by atoms with Crippen molar-refractivity contribution in [1.29, 1.82) is 0 Å². The number of likely N-dealkylation sites (tertiary alicyclic amines) is 1. The van der Waals surface area contributed by atoms with E-state index in [0.717, 1.165) is 123 Å². The molecular weight excluding hydrogens is 701 g/mol. The minimum Gasteiger partial charge on any atom is -0.444 e. The normalized spacial score (nSPS) is 26.2. The summed E-state index contributed by atoms with van der Waals surface area (Å²) in [6, 6.07) is 0.644. The summed E-state index contributed by atoms with van der Waals surface area (Å²) in [5.74, 6) is 3.60. The molecule has 4 unspecified atom stereocenters. The lowest BCUT2D eigenvalue weighted by molar-refractivity contribution is 0.0185. The Labute approximate surface area is 322 Å². The molecule has 16 nitrogen and oxygen atoms in total. The maximum Gasteiger partial charge on any atom is 0.410 e. The van der Waals surface area contributed by atoms with Crippen LogP contribution in [-0.2, 0) is 14.2 Å². The van der Waals surface area contributed by atoms with Crippen LogP contribution in [0.1, 0.15) is 95.9 Å². The van der Waals surface area contributed by atoms with E-state index in [2.05, 4.69) is 19.8 Å². The van der Waals surface area contributed by atoms with E-state index >= 15 is 0 Å². The van der Waals surface area contributed by atoms with Gasteiger partial charge in [0.05, 0.1) is 59.7 Å². The Morgan fingerprint density at radius 1 is 0.673 bits per heavy atom. The van der Waals surface area contributed by atoms with Gasteiger partial charge in [0.15, 0.2) is 11.3 Å². The number of piperidine rings is 2. The first-order chi connectivity index (χ1) is 26.5. The van der Waals surface area contributed by atoms with Crippen LogP contribution >= 0.6 is 0 Å². The van der Waals surface area contributed by atoms with E-state index in [1.54, 1.807) is 4.90 Å². The zero-order valence-corrected chi connectivity index (χ0v) is 33.0. The number of aryl methyl sites for hydroxylation is 2. The van der Waals surface area contributed by atoms with Gasteiger partial charge in [-0.3, -0.25) is 0 Å². The fraction of sp³-hybridized carbons (Fsp3) is 0.718. The highest BCUT2D eigenvalue weighted by Crippen LogP contribution is 2.35. The molecule has 10 heterocycles. The molecule has 1 N–H and O–H groups in total. The summed E-state index contributed by atoms with van der Waals surface area (Å²) in [4.78, 5) is 38.0. The van der Waals surface area contributed by atoms with Crippen LogP contribution in [0, 0.1) is 13.8 Å². The van der Waals surface area contributed by atoms with Gasteiger partial charge in [0.1, 0.15) is 28.9 Å². The van der Waals surface area contributed by atoms with Crippen molar-refractivity contribution in [2.75, 3.05) is 62.2 Å². The molecule has 0 spiro atoms. The highest BCUT2D eigenvalue weighted by atomic mass is 16.6. The van der Waals surface area contributed by atoms with E-state index in [-0.39, 0.29) is 12.1 Å². The van der Waals surface area contributed by atoms with Crippen molar-refractivity contribution in [3.63, 3.8) is 0 Å². The quantitative estimate of drug-likeness (QED) is 0.311. The van der Waals surface area contributed by atoms with Crippen LogP contribution in [0.5, 0.6) is 0 Å². The second-order valence-electron chi connectivity index (χ2n) is 17.2. The molecule has 6 aliphatic heterocycles. The molecule has 4 aromatic rings. The molecule has 296 valence electrons. The number of hydrogen-bond acceptors (Lipinski definition) is 13. The summed E-state index contributed by atoms with van der Waals surface area (Å²) < 4.78 is 21.7. The average Bonchev–Trinajstić information content (AvgIpc) is 3.95. The molecule has 1 amide bonds. The Balaban J connectivity index is 0.000000149. The third-order valence-corrected chi connectivity index (χ3v) is 11.9. The Bertz CT molecular complexity index is 1990. The molecule has 6 fully saturated rings. The number of nitrogens with one attached hydrogen (secondary N) is 1. The highest BCUT2D eigenvalue weighted by molar-refractivity contribution is 5.88. The molecule has 6 saturated heterocycles. The first kappa shape index (κ1) is 36.5. The zero-order chi connectivity index (χ0) is 37.8. The molecule has 0 radical (unpaired) electrons. The van der Waals surface area contributed by atoms with Crippen LogP contribution in [-0.4, -0.2) is 133 Å². The lowest BCUT2D eigenvalue weighted by atomic mass is 10.1. The van der Waals surface area contributed by atoms with E-state index in [1.807, 2.05) is 51.7 Å². The van der Waals surface area contributed by atoms with Crippen molar-refractivity contribution in [1.82, 2.24) is 49.7 Å². The molecular formula is C39H56N12O4. The third-order valence-electron chi connectivity index (χ3n) is 11.9. The Morgan fingerprint density at radius 2 is 1.11 bits per heavy atom. The van der Waals surface area contributed by atoms with Gasteiger partial charge in [-0.2, -0.15) is 10.2 Å². The number of ether oxygens (including phenoxy) is 3. The van der Waals surface area contributed by atoms with Gasteiger partial charge in [0.25, 0.3) is 0 Å². The van der Waals surface area contributed by atoms with Crippen molar-refractivity contribution < 1.29 is 19.0 Å². The molecule has 10 rings (SSSR count). The maximum absolute atomic E-state index is 12.4. The summed E-state index contributed by atoms with van der Waals surface area (Å²) in [5, 5.41) is 14.9. The van der Waals surface area contributed by atoms with Crippen LogP contribution < -0.4 is 15.1 Å². The monoisotopic (exact) mass is 756 g/mol. The molecule has 0 aliphatic carbocycles. The molecule has 0 saturated carbocycles. The molecule has 16 heteroatoms. The number of morpholine rings is 2. The number of amides is 1. The number of carbonyl (C=O) groups is 1. The summed E-state index contributed by atoms with van der Waals surface area (Å²) in [5.41, 5.74) is 1.40. The van der Waals surface area contributed by atoms with Gasteiger partial charge in [-0.05, 0) is 99.1 Å². The number of anilines is 2. The van der Waals surface area contributed by atoms with Gasteiger partial charge >= 0.3 is 6.09 Å². The van der Waals surface area contributed by atoms with Crippen LogP contribution in [0.4, 0.5) is 16.4 Å². The van der Waals surface area contributed by atoms with E-state index in [9.17, 15) is 4.79 Å². The fourth-order valence-electron chi connectivity index (χ4n) is 9.30. The van der Waals surface area contributed by atoms with Crippen molar-refractivity contribution >= 4 is 39.8 Å². The Kier molecular flexibility index (Phi) is 9.78. The maximum atomic E-state index is 12.4. The van der Waals surface area contributed by atoms with E-state index < -0.39 is 5.60 Å². The van der Waals surface area contributed by atoms with Crippen LogP contribution in [0.2, 0.25) is 0 Å². The smallest absolute Gasteiger partial charge is 0.410 e. The predicted octanol–water partition coefficient (Wildman–Crippen LogP) is 4.50. The summed E-state index contributed by atoms with van der Waals surface area (Å²) in [7, 11) is 0. The van der Waals surface area contributed by atoms with Crippen molar-refractivity contribution in [2.24, 2.45) is 0 Å². The van der Waals surface area contributed by atoms with E-state index in [0.29, 0.717) is 43.5 Å². The molecule has 55 heavy (non-hydrogen) atoms. The molecule has 6 aliphatic rings. The number of aromatic nitrogens is 8. The lowest BCUT2D eigenvalue weighted by Crippen LogP contribution is -2.43. The van der Waals surface area contributed by atoms with Gasteiger partial charge in [0, 0.05) is 39.3 Å². The van der Waals surface area contributed by atoms with E-state index in [1.165, 1.54) is 12.8 Å². The van der Waals surface area contributed by atoms with Crippen molar-refractivity contribution in [3.8, 4) is 0 Å². The van der Waals surface area contributed by atoms with Gasteiger partial charge in [-0.25, -0.2) is 34.1 Å². The predicted molar refractivity (Wildman–Crippen MR) is 208 cm³/mol. The van der Waals surface area contributed by atoms with Crippen molar-refractivity contribution in [3.05, 3.63) is 24.0 Å². The summed E-state index contributed by atoms with van der Waals surface area (Å²) in [6.45, 7) is 16.6. The van der Waals surface area contributed by atoms with Crippen LogP contribution in [0.25, 0.3) is 22.1 Å². The first-order valence-electron chi connectivity index (χ1n) is 20.5. The summed E-state index contributed by atoms with van der Waals surface area (Å²) in [6.07, 6.45) is 13.4. The minimum atomic E-state index is -0.476. The standard InChI is InChI=1S/C22H32N6O3.C17H24N6O/c1-14-24-19(27-12-16-5-6-17(13-27)30-16)18-11-23-28(20(18)25-14)15-7-9-26(10-8-15)21(29)31-22(2,3)4;1-11-20-16(22-9-13-2-3-14(10-22)24-13)15-8-19-23(17(15)21-11)12-4-6-18-7-5-12/h11,15-17H,5-10,12-13H2,1-4H3;8,12-14,18H,2-7,9-10H2,1H3. The number of hydrogen-bond donors (Lipinski definition) is 1. The second kappa shape index (κ2) is 14.7. The zero-order valence-electron chi connectivity index (χ0n) is 33.0. The SMILES string of the molecule is Cc1nc(N2CC3CCC(C2)O3)c2cnn(C3CCN(C(=O)OC(C)(C)C)CC3)c2n1.Cc1nc(N2CC3CCC(C2)O3)c2cnn(C3CCNCC3)c2n1. The van der Waals surface area contributed by atoms with Crippen LogP contribution in [0.15, 0.2) is 12.4 Å². The van der Waals surface area contributed by atoms with Crippen LogP contribution in [0.3, 0.4) is 0 Å². The fourth-order valence-corrected chi connectivity index (χ4v) is 9.30. The topological polar surface area (TPSA) is 154 Å². The lowest BCUT2D eigenvalue weighted by Gasteiger charge is -2.34. The number of rotatable bonds is 4. The average molecular weight is 757 g/mol. The largest absolute Gasteiger partial charge is 0.444 e. The highest BCUT2D eigenvalue weighted by Gasteiger charge is 2.37. The second-order valence-corrected chi connectivity index (χ2v) is 17.2. The van der Waals surface area contributed by atoms with Gasteiger partial charge in [-0.1, -0.05) is 0 Å². The van der Waals surface area contributed by atoms with Gasteiger partial charge in [-0.15, -0.1) is 0 Å². The molecule has 4 bridgehead atoms. The number of nitrogens with zero attached hydrogens (tertiary/aromatic N) is 11. The number of carbonyl (C=O) groups excluding carboxylic acids is 1. The Morgan fingerprint density at radius 3 is 1.55 bits per heavy atom. The Hall–Kier alpha value is -4.15. The summed E-state index contributed by atoms with van der Waals surface area (Å²) >= 11 is 0. The molecule has 0 aromatic carbocycles. The van der Waals surface area contributed by atoms with Gasteiger partial charge < -0.3 is 34.2 Å². The van der Waals surface area contributed by atoms with E-state index in [4.69, 9.17) is 44.3 Å². The number of fused-ring (bicyclic) bond motifs is 6. The first-order valence-corrected chi connectivity index (χ1v) is 20.5. The molecule has 4 aromatic heterocycles. The molecule has 4 atom stereocenters.